The van der Waals surface area contributed by atoms with Crippen LogP contribution in [0.2, 0.25) is 0 Å². The van der Waals surface area contributed by atoms with Crippen LogP contribution in [-0.4, -0.2) is 6.54 Å². The zero-order chi connectivity index (χ0) is 11.1. The molecule has 0 aromatic heterocycles. The van der Waals surface area contributed by atoms with Gasteiger partial charge >= 0.3 is 0 Å². The molecular formula is C13H24ClN. The lowest BCUT2D eigenvalue weighted by Gasteiger charge is -2.39. The van der Waals surface area contributed by atoms with Crippen LogP contribution in [0.1, 0.15) is 52.9 Å². The Morgan fingerprint density at radius 1 is 1.33 bits per heavy atom. The molecule has 2 heteroatoms. The Morgan fingerprint density at radius 2 is 2.07 bits per heavy atom. The van der Waals surface area contributed by atoms with Gasteiger partial charge in [0.15, 0.2) is 0 Å². The van der Waals surface area contributed by atoms with Crippen LogP contribution in [0.25, 0.3) is 0 Å². The summed E-state index contributed by atoms with van der Waals surface area (Å²) >= 11 is 5.51. The summed E-state index contributed by atoms with van der Waals surface area (Å²) in [5.74, 6) is 1.92. The normalized spacial score (nSPS) is 42.4. The lowest BCUT2D eigenvalue weighted by atomic mass is 9.66. The summed E-state index contributed by atoms with van der Waals surface area (Å²) in [6, 6.07) is 0. The topological polar surface area (TPSA) is 12.0 Å². The van der Waals surface area contributed by atoms with Gasteiger partial charge in [0.1, 0.15) is 0 Å². The molecule has 2 fully saturated rings. The molecule has 2 saturated carbocycles. The van der Waals surface area contributed by atoms with E-state index in [-0.39, 0.29) is 0 Å². The number of hydrogen-bond acceptors (Lipinski definition) is 1. The molecule has 0 aliphatic heterocycles. The van der Waals surface area contributed by atoms with Crippen molar-refractivity contribution in [1.82, 2.24) is 4.84 Å². The zero-order valence-electron chi connectivity index (χ0n) is 10.3. The van der Waals surface area contributed by atoms with Crippen LogP contribution in [0.5, 0.6) is 0 Å². The Hall–Kier alpha value is 0.250. The fourth-order valence-electron chi connectivity index (χ4n) is 4.22. The van der Waals surface area contributed by atoms with Gasteiger partial charge in [0.25, 0.3) is 0 Å². The molecule has 0 spiro atoms. The van der Waals surface area contributed by atoms with E-state index in [2.05, 4.69) is 25.6 Å². The summed E-state index contributed by atoms with van der Waals surface area (Å²) in [6.45, 7) is 8.47. The van der Waals surface area contributed by atoms with Crippen molar-refractivity contribution in [3.05, 3.63) is 0 Å². The van der Waals surface area contributed by atoms with Gasteiger partial charge in [-0.15, -0.1) is 0 Å². The molecule has 0 aromatic rings. The number of nitrogens with one attached hydrogen (secondary N) is 1. The maximum atomic E-state index is 5.51. The summed E-state index contributed by atoms with van der Waals surface area (Å²) in [6.07, 6.45) is 6.96. The third kappa shape index (κ3) is 1.63. The van der Waals surface area contributed by atoms with Gasteiger partial charge in [-0.3, -0.25) is 0 Å². The van der Waals surface area contributed by atoms with E-state index in [4.69, 9.17) is 11.8 Å². The highest BCUT2D eigenvalue weighted by atomic mass is 35.5. The van der Waals surface area contributed by atoms with E-state index in [0.29, 0.717) is 10.8 Å². The lowest BCUT2D eigenvalue weighted by Crippen LogP contribution is -2.32. The summed E-state index contributed by atoms with van der Waals surface area (Å²) in [5.41, 5.74) is 1.18. The molecular weight excluding hydrogens is 206 g/mol. The zero-order valence-corrected chi connectivity index (χ0v) is 11.0. The van der Waals surface area contributed by atoms with E-state index < -0.39 is 0 Å². The van der Waals surface area contributed by atoms with Crippen molar-refractivity contribution in [2.75, 3.05) is 6.54 Å². The molecule has 3 atom stereocenters. The Morgan fingerprint density at radius 3 is 2.53 bits per heavy atom. The van der Waals surface area contributed by atoms with Gasteiger partial charge in [-0.25, -0.2) is 4.84 Å². The molecule has 0 aromatic carbocycles. The van der Waals surface area contributed by atoms with Crippen LogP contribution in [0.4, 0.5) is 0 Å². The first-order valence-electron chi connectivity index (χ1n) is 6.36. The molecule has 2 aliphatic carbocycles. The van der Waals surface area contributed by atoms with Crippen molar-refractivity contribution < 1.29 is 0 Å². The van der Waals surface area contributed by atoms with Gasteiger partial charge in [0.2, 0.25) is 0 Å². The molecule has 2 aliphatic rings. The summed E-state index contributed by atoms with van der Waals surface area (Å²) in [7, 11) is 0. The van der Waals surface area contributed by atoms with E-state index in [1.165, 1.54) is 32.1 Å². The predicted octanol–water partition coefficient (Wildman–Crippen LogP) is 3.97. The first-order valence-corrected chi connectivity index (χ1v) is 6.73. The third-order valence-electron chi connectivity index (χ3n) is 5.80. The smallest absolute Gasteiger partial charge is 0.0108 e. The average Bonchev–Trinajstić information content (AvgIpc) is 2.51. The predicted molar refractivity (Wildman–Crippen MR) is 65.8 cm³/mol. The maximum absolute atomic E-state index is 5.51. The molecule has 0 radical (unpaired) electrons. The van der Waals surface area contributed by atoms with Crippen LogP contribution < -0.4 is 4.84 Å². The fraction of sp³-hybridized carbons (Fsp3) is 1.00. The number of halogens is 1. The SMILES string of the molecule is CC1(C)C2CCC1(C)C(CCCNCl)C2. The Kier molecular flexibility index (Phi) is 3.07. The van der Waals surface area contributed by atoms with Gasteiger partial charge in [0.05, 0.1) is 0 Å². The number of fused-ring (bicyclic) bond motifs is 2. The molecule has 1 N–H and O–H groups in total. The summed E-state index contributed by atoms with van der Waals surface area (Å²) in [4.78, 5) is 2.74. The highest BCUT2D eigenvalue weighted by Gasteiger charge is 2.60. The van der Waals surface area contributed by atoms with Gasteiger partial charge < -0.3 is 0 Å². The quantitative estimate of drug-likeness (QED) is 0.568. The first kappa shape index (κ1) is 11.7. The van der Waals surface area contributed by atoms with Crippen LogP contribution in [0.3, 0.4) is 0 Å². The average molecular weight is 230 g/mol. The van der Waals surface area contributed by atoms with Crippen molar-refractivity contribution >= 4 is 11.8 Å². The van der Waals surface area contributed by atoms with E-state index in [9.17, 15) is 0 Å². The van der Waals surface area contributed by atoms with Crippen LogP contribution in [0.15, 0.2) is 0 Å². The highest BCUT2D eigenvalue weighted by molar-refractivity contribution is 6.13. The second-order valence-electron chi connectivity index (χ2n) is 6.33. The third-order valence-corrected chi connectivity index (χ3v) is 5.99. The maximum Gasteiger partial charge on any atom is 0.0108 e. The minimum absolute atomic E-state index is 0.575. The molecule has 2 rings (SSSR count). The van der Waals surface area contributed by atoms with Crippen molar-refractivity contribution in [3.63, 3.8) is 0 Å². The molecule has 88 valence electrons. The largest absolute Gasteiger partial charge is 0.234 e. The van der Waals surface area contributed by atoms with E-state index >= 15 is 0 Å². The molecule has 1 nitrogen and oxygen atoms in total. The molecule has 0 saturated heterocycles. The summed E-state index contributed by atoms with van der Waals surface area (Å²) < 4.78 is 0. The van der Waals surface area contributed by atoms with Crippen molar-refractivity contribution in [1.29, 1.82) is 0 Å². The highest BCUT2D eigenvalue weighted by Crippen LogP contribution is 2.68. The fourth-order valence-corrected chi connectivity index (χ4v) is 4.35. The Balaban J connectivity index is 1.99. The standard InChI is InChI=1S/C13H24ClN/c1-12(2)10-6-7-13(12,3)11(9-10)5-4-8-15-14/h10-11,15H,4-9H2,1-3H3. The van der Waals surface area contributed by atoms with E-state index in [1.54, 1.807) is 0 Å². The van der Waals surface area contributed by atoms with Crippen LogP contribution in [-0.2, 0) is 0 Å². The Bertz CT molecular complexity index is 239. The molecule has 0 amide bonds. The summed E-state index contributed by atoms with van der Waals surface area (Å²) in [5, 5.41) is 0. The van der Waals surface area contributed by atoms with E-state index in [0.717, 1.165) is 18.4 Å². The first-order chi connectivity index (χ1) is 7.02. The minimum atomic E-state index is 0.575. The van der Waals surface area contributed by atoms with Crippen molar-refractivity contribution in [3.8, 4) is 0 Å². The van der Waals surface area contributed by atoms with Crippen molar-refractivity contribution in [2.45, 2.75) is 52.9 Å². The van der Waals surface area contributed by atoms with Crippen LogP contribution in [0, 0.1) is 22.7 Å². The van der Waals surface area contributed by atoms with Gasteiger partial charge in [-0.2, -0.15) is 0 Å². The molecule has 2 bridgehead atoms. The minimum Gasteiger partial charge on any atom is -0.234 e. The van der Waals surface area contributed by atoms with Crippen LogP contribution >= 0.6 is 11.8 Å². The number of hydrogen-bond donors (Lipinski definition) is 1. The van der Waals surface area contributed by atoms with Gasteiger partial charge in [0, 0.05) is 6.54 Å². The van der Waals surface area contributed by atoms with E-state index in [1.807, 2.05) is 0 Å². The molecule has 3 unspecified atom stereocenters. The molecule has 0 heterocycles. The molecule has 15 heavy (non-hydrogen) atoms. The lowest BCUT2D eigenvalue weighted by molar-refractivity contribution is 0.0968. The second kappa shape index (κ2) is 3.92. The second-order valence-corrected chi connectivity index (χ2v) is 6.60. The van der Waals surface area contributed by atoms with Crippen molar-refractivity contribution in [2.24, 2.45) is 22.7 Å². The van der Waals surface area contributed by atoms with Gasteiger partial charge in [-0.05, 0) is 66.5 Å². The van der Waals surface area contributed by atoms with Gasteiger partial charge in [-0.1, -0.05) is 20.8 Å². The monoisotopic (exact) mass is 229 g/mol. The number of rotatable bonds is 4. The Labute approximate surface area is 99.1 Å².